The number of nitrogen functional groups attached to an aromatic ring is 1. The average molecular weight is 268 g/mol. The number of nitrogens with zero attached hydrogens (tertiary/aromatic N) is 2. The number of aryl methyl sites for hydroxylation is 1. The predicted molar refractivity (Wildman–Crippen MR) is 83.2 cm³/mol. The first-order chi connectivity index (χ1) is 9.63. The van der Waals surface area contributed by atoms with Crippen molar-refractivity contribution >= 4 is 11.7 Å². The van der Waals surface area contributed by atoms with Gasteiger partial charge in [0.1, 0.15) is 11.7 Å². The highest BCUT2D eigenvalue weighted by Gasteiger charge is 2.15. The van der Waals surface area contributed by atoms with E-state index in [1.54, 1.807) is 6.20 Å². The third-order valence-corrected chi connectivity index (χ3v) is 3.31. The van der Waals surface area contributed by atoms with Crippen molar-refractivity contribution in [2.75, 3.05) is 11.4 Å². The van der Waals surface area contributed by atoms with E-state index in [4.69, 9.17) is 11.1 Å². The van der Waals surface area contributed by atoms with Gasteiger partial charge in [-0.3, -0.25) is 5.41 Å². The highest BCUT2D eigenvalue weighted by Crippen LogP contribution is 2.22. The van der Waals surface area contributed by atoms with Gasteiger partial charge in [-0.1, -0.05) is 30.3 Å². The molecule has 3 N–H and O–H groups in total. The van der Waals surface area contributed by atoms with Crippen LogP contribution in [0.4, 0.5) is 5.82 Å². The lowest BCUT2D eigenvalue weighted by molar-refractivity contribution is 0.811. The average Bonchev–Trinajstić information content (AvgIpc) is 2.45. The maximum absolute atomic E-state index is 7.78. The molecule has 1 aromatic heterocycles. The zero-order valence-electron chi connectivity index (χ0n) is 11.9. The summed E-state index contributed by atoms with van der Waals surface area (Å²) in [5.74, 6) is 0.848. The number of aromatic nitrogens is 1. The van der Waals surface area contributed by atoms with Crippen LogP contribution in [0.25, 0.3) is 0 Å². The highest BCUT2D eigenvalue weighted by atomic mass is 15.2. The molecule has 0 bridgehead atoms. The number of hydrogen-bond donors (Lipinski definition) is 2. The second-order valence-corrected chi connectivity index (χ2v) is 4.74. The Morgan fingerprint density at radius 3 is 2.55 bits per heavy atom. The van der Waals surface area contributed by atoms with Crippen molar-refractivity contribution in [2.24, 2.45) is 5.73 Å². The third-order valence-electron chi connectivity index (χ3n) is 3.31. The topological polar surface area (TPSA) is 66.0 Å². The van der Waals surface area contributed by atoms with Crippen LogP contribution in [0.2, 0.25) is 0 Å². The molecule has 1 heterocycles. The standard InChI is InChI=1S/C16H20N4/c1-3-20(11-13-7-5-4-6-8-13)16-14(15(17)18)12(2)9-10-19-16/h4-10H,3,11H2,1-2H3,(H3,17,18). The Balaban J connectivity index is 2.37. The molecule has 0 aliphatic rings. The number of nitrogens with one attached hydrogen (secondary N) is 1. The fourth-order valence-electron chi connectivity index (χ4n) is 2.26. The quantitative estimate of drug-likeness (QED) is 0.647. The first-order valence-corrected chi connectivity index (χ1v) is 6.72. The van der Waals surface area contributed by atoms with Crippen molar-refractivity contribution in [2.45, 2.75) is 20.4 Å². The molecule has 104 valence electrons. The summed E-state index contributed by atoms with van der Waals surface area (Å²) in [5, 5.41) is 7.78. The number of anilines is 1. The Bertz CT molecular complexity index is 593. The van der Waals surface area contributed by atoms with E-state index >= 15 is 0 Å². The second kappa shape index (κ2) is 6.19. The molecule has 2 rings (SSSR count). The number of rotatable bonds is 5. The smallest absolute Gasteiger partial charge is 0.140 e. The van der Waals surface area contributed by atoms with Gasteiger partial charge in [-0.25, -0.2) is 4.98 Å². The second-order valence-electron chi connectivity index (χ2n) is 4.74. The molecule has 0 fully saturated rings. The molecule has 0 aliphatic heterocycles. The fraction of sp³-hybridized carbons (Fsp3) is 0.250. The first kappa shape index (κ1) is 14.1. The molecule has 0 spiro atoms. The molecular weight excluding hydrogens is 248 g/mol. The van der Waals surface area contributed by atoms with E-state index in [-0.39, 0.29) is 5.84 Å². The maximum Gasteiger partial charge on any atom is 0.140 e. The molecule has 0 unspecified atom stereocenters. The van der Waals surface area contributed by atoms with Crippen LogP contribution in [0.15, 0.2) is 42.6 Å². The van der Waals surface area contributed by atoms with E-state index in [0.717, 1.165) is 30.0 Å². The van der Waals surface area contributed by atoms with Crippen LogP contribution in [-0.4, -0.2) is 17.4 Å². The molecule has 0 saturated carbocycles. The van der Waals surface area contributed by atoms with Gasteiger partial charge in [-0.05, 0) is 31.0 Å². The van der Waals surface area contributed by atoms with Gasteiger partial charge in [-0.15, -0.1) is 0 Å². The van der Waals surface area contributed by atoms with Gasteiger partial charge in [0.2, 0.25) is 0 Å². The SMILES string of the molecule is CCN(Cc1ccccc1)c1nccc(C)c1C(=N)N. The summed E-state index contributed by atoms with van der Waals surface area (Å²) in [6.45, 7) is 5.61. The molecule has 2 aromatic rings. The van der Waals surface area contributed by atoms with E-state index in [1.165, 1.54) is 5.56 Å². The monoisotopic (exact) mass is 268 g/mol. The van der Waals surface area contributed by atoms with Crippen LogP contribution in [-0.2, 0) is 6.54 Å². The lowest BCUT2D eigenvalue weighted by Gasteiger charge is -2.25. The summed E-state index contributed by atoms with van der Waals surface area (Å²) >= 11 is 0. The van der Waals surface area contributed by atoms with Crippen LogP contribution >= 0.6 is 0 Å². The summed E-state index contributed by atoms with van der Waals surface area (Å²) in [4.78, 5) is 6.57. The predicted octanol–water partition coefficient (Wildman–Crippen LogP) is 2.70. The minimum Gasteiger partial charge on any atom is -0.384 e. The van der Waals surface area contributed by atoms with Gasteiger partial charge in [0.15, 0.2) is 0 Å². The molecule has 1 aromatic carbocycles. The maximum atomic E-state index is 7.78. The Morgan fingerprint density at radius 1 is 1.25 bits per heavy atom. The zero-order valence-corrected chi connectivity index (χ0v) is 11.9. The van der Waals surface area contributed by atoms with E-state index in [1.807, 2.05) is 31.2 Å². The minimum absolute atomic E-state index is 0.0668. The summed E-state index contributed by atoms with van der Waals surface area (Å²) in [6, 6.07) is 12.1. The Hall–Kier alpha value is -2.36. The fourth-order valence-corrected chi connectivity index (χ4v) is 2.26. The van der Waals surface area contributed by atoms with Crippen molar-refractivity contribution in [3.63, 3.8) is 0 Å². The van der Waals surface area contributed by atoms with Gasteiger partial charge in [-0.2, -0.15) is 0 Å². The molecule has 4 nitrogen and oxygen atoms in total. The van der Waals surface area contributed by atoms with Gasteiger partial charge in [0, 0.05) is 19.3 Å². The summed E-state index contributed by atoms with van der Waals surface area (Å²) in [6.07, 6.45) is 1.77. The van der Waals surface area contributed by atoms with E-state index < -0.39 is 0 Å². The van der Waals surface area contributed by atoms with Crippen molar-refractivity contribution < 1.29 is 0 Å². The molecular formula is C16H20N4. The summed E-state index contributed by atoms with van der Waals surface area (Å²) < 4.78 is 0. The molecule has 20 heavy (non-hydrogen) atoms. The molecule has 0 amide bonds. The van der Waals surface area contributed by atoms with E-state index in [9.17, 15) is 0 Å². The molecule has 0 saturated heterocycles. The molecule has 0 radical (unpaired) electrons. The van der Waals surface area contributed by atoms with Gasteiger partial charge in [0.25, 0.3) is 0 Å². The molecule has 0 aliphatic carbocycles. The molecule has 4 heteroatoms. The van der Waals surface area contributed by atoms with Gasteiger partial charge >= 0.3 is 0 Å². The Labute approximate surface area is 119 Å². The number of amidine groups is 1. The highest BCUT2D eigenvalue weighted by molar-refractivity contribution is 6.00. The third kappa shape index (κ3) is 2.96. The van der Waals surface area contributed by atoms with Gasteiger partial charge in [0.05, 0.1) is 5.56 Å². The minimum atomic E-state index is 0.0668. The van der Waals surface area contributed by atoms with Crippen molar-refractivity contribution in [3.8, 4) is 0 Å². The van der Waals surface area contributed by atoms with Crippen LogP contribution < -0.4 is 10.6 Å². The van der Waals surface area contributed by atoms with E-state index in [2.05, 4.69) is 28.9 Å². The lowest BCUT2D eigenvalue weighted by atomic mass is 10.1. The van der Waals surface area contributed by atoms with Crippen LogP contribution in [0.1, 0.15) is 23.6 Å². The number of nitrogens with two attached hydrogens (primary N) is 1. The van der Waals surface area contributed by atoms with Crippen molar-refractivity contribution in [1.82, 2.24) is 4.98 Å². The molecule has 0 atom stereocenters. The zero-order chi connectivity index (χ0) is 14.5. The Kier molecular flexibility index (Phi) is 4.35. The van der Waals surface area contributed by atoms with Crippen molar-refractivity contribution in [1.29, 1.82) is 5.41 Å². The summed E-state index contributed by atoms with van der Waals surface area (Å²) in [7, 11) is 0. The normalized spacial score (nSPS) is 10.3. The lowest BCUT2D eigenvalue weighted by Crippen LogP contribution is -2.27. The van der Waals surface area contributed by atoms with Crippen LogP contribution in [0, 0.1) is 12.3 Å². The van der Waals surface area contributed by atoms with E-state index in [0.29, 0.717) is 0 Å². The number of benzene rings is 1. The van der Waals surface area contributed by atoms with Gasteiger partial charge < -0.3 is 10.6 Å². The number of hydrogen-bond acceptors (Lipinski definition) is 3. The van der Waals surface area contributed by atoms with Crippen molar-refractivity contribution in [3.05, 3.63) is 59.3 Å². The first-order valence-electron chi connectivity index (χ1n) is 6.72. The number of pyridine rings is 1. The summed E-state index contributed by atoms with van der Waals surface area (Å²) in [5.41, 5.74) is 8.64. The van der Waals surface area contributed by atoms with Crippen LogP contribution in [0.3, 0.4) is 0 Å². The Morgan fingerprint density at radius 2 is 1.95 bits per heavy atom. The largest absolute Gasteiger partial charge is 0.384 e. The van der Waals surface area contributed by atoms with Crippen LogP contribution in [0.5, 0.6) is 0 Å².